The summed E-state index contributed by atoms with van der Waals surface area (Å²) in [5.74, 6) is 0.902. The van der Waals surface area contributed by atoms with Gasteiger partial charge in [0.1, 0.15) is 0 Å². The van der Waals surface area contributed by atoms with Crippen LogP contribution in [0.5, 0.6) is 0 Å². The minimum absolute atomic E-state index is 0.117. The average Bonchev–Trinajstić information content (AvgIpc) is 3.06. The lowest BCUT2D eigenvalue weighted by Gasteiger charge is -2.05. The first-order chi connectivity index (χ1) is 13.6. The van der Waals surface area contributed by atoms with Gasteiger partial charge in [-0.05, 0) is 29.3 Å². The minimum atomic E-state index is -0.369. The second-order valence-corrected chi connectivity index (χ2v) is 8.41. The second kappa shape index (κ2) is 8.20. The Morgan fingerprint density at radius 2 is 1.61 bits per heavy atom. The van der Waals surface area contributed by atoms with Crippen LogP contribution in [-0.4, -0.2) is 9.49 Å². The molecule has 4 rings (SSSR count). The lowest BCUT2D eigenvalue weighted by molar-refractivity contribution is -0.384. The molecule has 1 heterocycles. The lowest BCUT2D eigenvalue weighted by Crippen LogP contribution is -1.98. The third-order valence-corrected chi connectivity index (χ3v) is 6.20. The first kappa shape index (κ1) is 18.8. The smallest absolute Gasteiger partial charge is 0.269 e. The average molecular weight is 453 g/mol. The Balaban J connectivity index is 1.58. The number of benzene rings is 3. The first-order valence-corrected chi connectivity index (χ1v) is 10.6. The third-order valence-electron chi connectivity index (χ3n) is 4.56. The molecule has 6 heteroatoms. The number of nitrogens with zero attached hydrogens (tertiary/aromatic N) is 2. The van der Waals surface area contributed by atoms with Crippen LogP contribution < -0.4 is 0 Å². The van der Waals surface area contributed by atoms with Gasteiger partial charge in [-0.1, -0.05) is 58.4 Å². The molecule has 0 saturated heterocycles. The third kappa shape index (κ3) is 4.13. The van der Waals surface area contributed by atoms with Crippen LogP contribution in [0, 0.1) is 10.1 Å². The number of nitro benzene ring substituents is 1. The molecule has 28 heavy (non-hydrogen) atoms. The predicted molar refractivity (Wildman–Crippen MR) is 118 cm³/mol. The molecule has 0 bridgehead atoms. The Bertz CT molecular complexity index is 1120. The van der Waals surface area contributed by atoms with Crippen LogP contribution in [0.1, 0.15) is 11.1 Å². The summed E-state index contributed by atoms with van der Waals surface area (Å²) in [6.45, 7) is 0.678. The number of nitro groups is 1. The van der Waals surface area contributed by atoms with E-state index in [2.05, 4.69) is 69.2 Å². The summed E-state index contributed by atoms with van der Waals surface area (Å²) in [5.41, 5.74) is 3.60. The van der Waals surface area contributed by atoms with Gasteiger partial charge < -0.3 is 4.57 Å². The van der Waals surface area contributed by atoms with Gasteiger partial charge >= 0.3 is 0 Å². The van der Waals surface area contributed by atoms with Gasteiger partial charge in [-0.15, -0.1) is 11.8 Å². The van der Waals surface area contributed by atoms with Gasteiger partial charge in [0.25, 0.3) is 5.69 Å². The van der Waals surface area contributed by atoms with E-state index in [0.29, 0.717) is 6.54 Å². The molecule has 0 amide bonds. The Kier molecular flexibility index (Phi) is 5.50. The van der Waals surface area contributed by atoms with Gasteiger partial charge in [-0.25, -0.2) is 0 Å². The van der Waals surface area contributed by atoms with E-state index >= 15 is 0 Å². The van der Waals surface area contributed by atoms with Crippen molar-refractivity contribution >= 4 is 44.3 Å². The molecule has 0 fully saturated rings. The number of hydrogen-bond donors (Lipinski definition) is 0. The van der Waals surface area contributed by atoms with Crippen molar-refractivity contribution in [2.45, 2.75) is 17.2 Å². The van der Waals surface area contributed by atoms with E-state index in [-0.39, 0.29) is 10.6 Å². The second-order valence-electron chi connectivity index (χ2n) is 6.48. The molecule has 1 aromatic heterocycles. The van der Waals surface area contributed by atoms with Crippen LogP contribution in [0.25, 0.3) is 10.9 Å². The summed E-state index contributed by atoms with van der Waals surface area (Å²) >= 11 is 5.29. The van der Waals surface area contributed by atoms with Crippen molar-refractivity contribution < 1.29 is 4.92 Å². The fraction of sp³-hybridized carbons (Fsp3) is 0.0909. The van der Waals surface area contributed by atoms with E-state index in [0.717, 1.165) is 15.8 Å². The van der Waals surface area contributed by atoms with Crippen LogP contribution >= 0.6 is 27.7 Å². The van der Waals surface area contributed by atoms with Crippen LogP contribution in [0.3, 0.4) is 0 Å². The van der Waals surface area contributed by atoms with E-state index in [1.807, 2.05) is 30.0 Å². The summed E-state index contributed by atoms with van der Waals surface area (Å²) in [6, 6.07) is 23.5. The van der Waals surface area contributed by atoms with Crippen LogP contribution in [0.4, 0.5) is 5.69 Å². The molecule has 0 unspecified atom stereocenters. The summed E-state index contributed by atoms with van der Waals surface area (Å²) in [6.07, 6.45) is 2.18. The molecule has 0 aliphatic carbocycles. The lowest BCUT2D eigenvalue weighted by atomic mass is 10.2. The summed E-state index contributed by atoms with van der Waals surface area (Å²) in [7, 11) is 0. The SMILES string of the molecule is O=[N+]([O-])c1ccc(Cn2cc(SCc3ccc(Br)cc3)c3ccccc32)cc1. The topological polar surface area (TPSA) is 48.1 Å². The van der Waals surface area contributed by atoms with E-state index in [4.69, 9.17) is 0 Å². The highest BCUT2D eigenvalue weighted by Gasteiger charge is 2.10. The summed E-state index contributed by atoms with van der Waals surface area (Å²) < 4.78 is 3.29. The quantitative estimate of drug-likeness (QED) is 0.187. The summed E-state index contributed by atoms with van der Waals surface area (Å²) in [4.78, 5) is 11.7. The fourth-order valence-corrected chi connectivity index (χ4v) is 4.43. The molecule has 0 aliphatic rings. The van der Waals surface area contributed by atoms with Gasteiger partial charge in [0, 0.05) is 50.9 Å². The standard InChI is InChI=1S/C22H17BrN2O2S/c23-18-9-5-17(6-10-18)15-28-22-14-24(21-4-2-1-3-20(21)22)13-16-7-11-19(12-8-16)25(26)27/h1-12,14H,13,15H2. The van der Waals surface area contributed by atoms with Crippen molar-refractivity contribution in [1.29, 1.82) is 0 Å². The highest BCUT2D eigenvalue weighted by atomic mass is 79.9. The zero-order valence-corrected chi connectivity index (χ0v) is 17.3. The van der Waals surface area contributed by atoms with Crippen molar-refractivity contribution in [3.63, 3.8) is 0 Å². The van der Waals surface area contributed by atoms with Crippen molar-refractivity contribution in [3.8, 4) is 0 Å². The molecular formula is C22H17BrN2O2S. The van der Waals surface area contributed by atoms with Crippen LogP contribution in [0.15, 0.2) is 88.4 Å². The maximum absolute atomic E-state index is 10.9. The van der Waals surface area contributed by atoms with Crippen molar-refractivity contribution in [2.24, 2.45) is 0 Å². The predicted octanol–water partition coefficient (Wildman–Crippen LogP) is 6.65. The molecule has 140 valence electrons. The Labute approximate surface area is 175 Å². The van der Waals surface area contributed by atoms with Gasteiger partial charge in [-0.2, -0.15) is 0 Å². The highest BCUT2D eigenvalue weighted by molar-refractivity contribution is 9.10. The Morgan fingerprint density at radius 3 is 2.32 bits per heavy atom. The number of hydrogen-bond acceptors (Lipinski definition) is 3. The Hall–Kier alpha value is -2.57. The first-order valence-electron chi connectivity index (χ1n) is 8.78. The zero-order chi connectivity index (χ0) is 19.5. The molecule has 0 atom stereocenters. The normalized spacial score (nSPS) is 11.0. The molecule has 4 nitrogen and oxygen atoms in total. The Morgan fingerprint density at radius 1 is 0.929 bits per heavy atom. The molecule has 0 N–H and O–H groups in total. The number of para-hydroxylation sites is 1. The van der Waals surface area contributed by atoms with Crippen LogP contribution in [0.2, 0.25) is 0 Å². The number of thioether (sulfide) groups is 1. The largest absolute Gasteiger partial charge is 0.342 e. The van der Waals surface area contributed by atoms with Crippen molar-refractivity contribution in [3.05, 3.63) is 105 Å². The van der Waals surface area contributed by atoms with E-state index < -0.39 is 0 Å². The maximum atomic E-state index is 10.9. The number of non-ortho nitro benzene ring substituents is 1. The zero-order valence-electron chi connectivity index (χ0n) is 14.9. The van der Waals surface area contributed by atoms with Gasteiger partial charge in [0.05, 0.1) is 4.92 Å². The molecule has 3 aromatic carbocycles. The van der Waals surface area contributed by atoms with Crippen LogP contribution in [-0.2, 0) is 12.3 Å². The molecule has 0 aliphatic heterocycles. The van der Waals surface area contributed by atoms with E-state index in [1.165, 1.54) is 21.4 Å². The van der Waals surface area contributed by atoms with Gasteiger partial charge in [0.2, 0.25) is 0 Å². The number of fused-ring (bicyclic) bond motifs is 1. The van der Waals surface area contributed by atoms with Gasteiger partial charge in [0.15, 0.2) is 0 Å². The fourth-order valence-electron chi connectivity index (χ4n) is 3.12. The number of halogens is 1. The highest BCUT2D eigenvalue weighted by Crippen LogP contribution is 2.33. The number of rotatable bonds is 6. The maximum Gasteiger partial charge on any atom is 0.269 e. The molecule has 0 radical (unpaired) electrons. The van der Waals surface area contributed by atoms with Crippen molar-refractivity contribution in [2.75, 3.05) is 0 Å². The van der Waals surface area contributed by atoms with E-state index in [9.17, 15) is 10.1 Å². The number of aromatic nitrogens is 1. The minimum Gasteiger partial charge on any atom is -0.342 e. The van der Waals surface area contributed by atoms with Gasteiger partial charge in [-0.3, -0.25) is 10.1 Å². The summed E-state index contributed by atoms with van der Waals surface area (Å²) in [5, 5.41) is 12.1. The van der Waals surface area contributed by atoms with E-state index in [1.54, 1.807) is 12.1 Å². The van der Waals surface area contributed by atoms with Crippen molar-refractivity contribution in [1.82, 2.24) is 4.57 Å². The monoisotopic (exact) mass is 452 g/mol. The molecule has 0 spiro atoms. The molecule has 0 saturated carbocycles. The molecular weight excluding hydrogens is 436 g/mol. The molecule has 4 aromatic rings.